The zero-order valence-corrected chi connectivity index (χ0v) is 14.5. The molecule has 1 aromatic rings. The monoisotopic (exact) mass is 306 g/mol. The summed E-state index contributed by atoms with van der Waals surface area (Å²) in [5.74, 6) is 0.730. The molecule has 4 heteroatoms. The number of nitrogens with one attached hydrogen (secondary N) is 2. The Morgan fingerprint density at radius 2 is 1.64 bits per heavy atom. The summed E-state index contributed by atoms with van der Waals surface area (Å²) < 4.78 is 5.21. The zero-order chi connectivity index (χ0) is 16.6. The highest BCUT2D eigenvalue weighted by Gasteiger charge is 2.15. The van der Waals surface area contributed by atoms with Gasteiger partial charge in [0.05, 0.1) is 0 Å². The smallest absolute Gasteiger partial charge is 0.407 e. The second kappa shape index (κ2) is 8.79. The first-order valence-electron chi connectivity index (χ1n) is 8.01. The van der Waals surface area contributed by atoms with E-state index in [9.17, 15) is 4.79 Å². The van der Waals surface area contributed by atoms with Crippen LogP contribution in [0.2, 0.25) is 0 Å². The van der Waals surface area contributed by atoms with Crippen LogP contribution in [0.15, 0.2) is 24.3 Å². The molecule has 124 valence electrons. The van der Waals surface area contributed by atoms with Crippen LogP contribution in [0.25, 0.3) is 0 Å². The predicted octanol–water partition coefficient (Wildman–Crippen LogP) is 3.85. The first-order chi connectivity index (χ1) is 10.3. The van der Waals surface area contributed by atoms with Crippen molar-refractivity contribution < 1.29 is 9.53 Å². The SMILES string of the molecule is CC(C)CCNCc1ccc(CNC(=O)OC(C)(C)C)cc1. The zero-order valence-electron chi connectivity index (χ0n) is 14.5. The standard InChI is InChI=1S/C18H30N2O2/c1-14(2)10-11-19-12-15-6-8-16(9-7-15)13-20-17(21)22-18(3,4)5/h6-9,14,19H,10-13H2,1-5H3,(H,20,21). The summed E-state index contributed by atoms with van der Waals surface area (Å²) in [6.45, 7) is 12.4. The minimum atomic E-state index is -0.463. The van der Waals surface area contributed by atoms with Crippen LogP contribution in [0.3, 0.4) is 0 Å². The van der Waals surface area contributed by atoms with Crippen molar-refractivity contribution in [3.63, 3.8) is 0 Å². The fraction of sp³-hybridized carbons (Fsp3) is 0.611. The highest BCUT2D eigenvalue weighted by atomic mass is 16.6. The van der Waals surface area contributed by atoms with E-state index >= 15 is 0 Å². The van der Waals surface area contributed by atoms with Crippen LogP contribution in [-0.4, -0.2) is 18.2 Å². The summed E-state index contributed by atoms with van der Waals surface area (Å²) in [5, 5.41) is 6.20. The van der Waals surface area contributed by atoms with Crippen LogP contribution in [0.4, 0.5) is 4.79 Å². The number of ether oxygens (including phenoxy) is 1. The molecule has 0 aliphatic rings. The third kappa shape index (κ3) is 8.67. The quantitative estimate of drug-likeness (QED) is 0.752. The van der Waals surface area contributed by atoms with Crippen molar-refractivity contribution in [3.05, 3.63) is 35.4 Å². The fourth-order valence-electron chi connectivity index (χ4n) is 1.89. The first kappa shape index (κ1) is 18.5. The van der Waals surface area contributed by atoms with E-state index in [1.807, 2.05) is 32.9 Å². The minimum Gasteiger partial charge on any atom is -0.444 e. The number of carbonyl (C=O) groups excluding carboxylic acids is 1. The molecular weight excluding hydrogens is 276 g/mol. The predicted molar refractivity (Wildman–Crippen MR) is 90.7 cm³/mol. The lowest BCUT2D eigenvalue weighted by Crippen LogP contribution is -2.32. The second-order valence-electron chi connectivity index (χ2n) is 7.03. The van der Waals surface area contributed by atoms with Gasteiger partial charge in [0, 0.05) is 13.1 Å². The highest BCUT2D eigenvalue weighted by Crippen LogP contribution is 2.08. The van der Waals surface area contributed by atoms with Gasteiger partial charge in [-0.05, 0) is 50.8 Å². The Morgan fingerprint density at radius 1 is 1.09 bits per heavy atom. The molecular formula is C18H30N2O2. The lowest BCUT2D eigenvalue weighted by atomic mass is 10.1. The third-order valence-electron chi connectivity index (χ3n) is 3.09. The average Bonchev–Trinajstić information content (AvgIpc) is 2.40. The maximum absolute atomic E-state index is 11.6. The number of hydrogen-bond acceptors (Lipinski definition) is 3. The van der Waals surface area contributed by atoms with Crippen LogP contribution in [0.5, 0.6) is 0 Å². The number of carbonyl (C=O) groups is 1. The molecule has 0 fully saturated rings. The Morgan fingerprint density at radius 3 is 2.14 bits per heavy atom. The van der Waals surface area contributed by atoms with Crippen LogP contribution in [0.1, 0.15) is 52.2 Å². The number of hydrogen-bond donors (Lipinski definition) is 2. The summed E-state index contributed by atoms with van der Waals surface area (Å²) in [5.41, 5.74) is 1.86. The Labute approximate surface area is 134 Å². The van der Waals surface area contributed by atoms with Crippen molar-refractivity contribution in [2.24, 2.45) is 5.92 Å². The lowest BCUT2D eigenvalue weighted by molar-refractivity contribution is 0.0523. The minimum absolute atomic E-state index is 0.382. The molecule has 0 saturated carbocycles. The molecule has 22 heavy (non-hydrogen) atoms. The van der Waals surface area contributed by atoms with Crippen LogP contribution in [0, 0.1) is 5.92 Å². The van der Waals surface area contributed by atoms with Crippen molar-refractivity contribution in [3.8, 4) is 0 Å². The Balaban J connectivity index is 2.31. The summed E-state index contributed by atoms with van der Waals surface area (Å²) in [6, 6.07) is 8.26. The van der Waals surface area contributed by atoms with Crippen molar-refractivity contribution in [1.82, 2.24) is 10.6 Å². The maximum atomic E-state index is 11.6. The second-order valence-corrected chi connectivity index (χ2v) is 7.03. The van der Waals surface area contributed by atoms with E-state index in [2.05, 4.69) is 36.6 Å². The average molecular weight is 306 g/mol. The van der Waals surface area contributed by atoms with Gasteiger partial charge in [-0.3, -0.25) is 0 Å². The molecule has 0 saturated heterocycles. The third-order valence-corrected chi connectivity index (χ3v) is 3.09. The normalized spacial score (nSPS) is 11.5. The molecule has 0 unspecified atom stereocenters. The molecule has 1 amide bonds. The molecule has 0 spiro atoms. The van der Waals surface area contributed by atoms with E-state index in [-0.39, 0.29) is 6.09 Å². The number of amides is 1. The van der Waals surface area contributed by atoms with Crippen molar-refractivity contribution in [2.75, 3.05) is 6.54 Å². The van der Waals surface area contributed by atoms with Crippen molar-refractivity contribution in [1.29, 1.82) is 0 Å². The molecule has 2 N–H and O–H groups in total. The van der Waals surface area contributed by atoms with E-state index in [4.69, 9.17) is 4.74 Å². The van der Waals surface area contributed by atoms with Gasteiger partial charge in [-0.1, -0.05) is 38.1 Å². The van der Waals surface area contributed by atoms with Crippen LogP contribution >= 0.6 is 0 Å². The summed E-state index contributed by atoms with van der Waals surface area (Å²) in [4.78, 5) is 11.6. The number of alkyl carbamates (subject to hydrolysis) is 1. The molecule has 0 aliphatic carbocycles. The molecule has 0 bridgehead atoms. The lowest BCUT2D eigenvalue weighted by Gasteiger charge is -2.19. The molecule has 0 heterocycles. The highest BCUT2D eigenvalue weighted by molar-refractivity contribution is 5.67. The van der Waals surface area contributed by atoms with E-state index in [0.717, 1.165) is 24.6 Å². The van der Waals surface area contributed by atoms with Gasteiger partial charge in [-0.25, -0.2) is 4.79 Å². The van der Waals surface area contributed by atoms with Crippen molar-refractivity contribution >= 4 is 6.09 Å². The molecule has 0 aromatic heterocycles. The van der Waals surface area contributed by atoms with E-state index in [1.54, 1.807) is 0 Å². The molecule has 0 atom stereocenters. The van der Waals surface area contributed by atoms with Gasteiger partial charge in [-0.15, -0.1) is 0 Å². The molecule has 4 nitrogen and oxygen atoms in total. The Kier molecular flexibility index (Phi) is 7.39. The summed E-state index contributed by atoms with van der Waals surface area (Å²) >= 11 is 0. The molecule has 1 aromatic carbocycles. The van der Waals surface area contributed by atoms with E-state index in [0.29, 0.717) is 6.54 Å². The molecule has 1 rings (SSSR count). The summed E-state index contributed by atoms with van der Waals surface area (Å²) in [6.07, 6.45) is 0.810. The van der Waals surface area contributed by atoms with Gasteiger partial charge < -0.3 is 15.4 Å². The van der Waals surface area contributed by atoms with Gasteiger partial charge in [0.1, 0.15) is 5.60 Å². The topological polar surface area (TPSA) is 50.4 Å². The first-order valence-corrected chi connectivity index (χ1v) is 8.01. The van der Waals surface area contributed by atoms with Crippen LogP contribution < -0.4 is 10.6 Å². The number of rotatable bonds is 7. The van der Waals surface area contributed by atoms with Gasteiger partial charge in [-0.2, -0.15) is 0 Å². The Hall–Kier alpha value is -1.55. The van der Waals surface area contributed by atoms with Gasteiger partial charge >= 0.3 is 6.09 Å². The van der Waals surface area contributed by atoms with E-state index < -0.39 is 5.60 Å². The summed E-state index contributed by atoms with van der Waals surface area (Å²) in [7, 11) is 0. The number of benzene rings is 1. The molecule has 0 radical (unpaired) electrons. The van der Waals surface area contributed by atoms with E-state index in [1.165, 1.54) is 12.0 Å². The van der Waals surface area contributed by atoms with Gasteiger partial charge in [0.25, 0.3) is 0 Å². The van der Waals surface area contributed by atoms with Gasteiger partial charge in [0.15, 0.2) is 0 Å². The van der Waals surface area contributed by atoms with Crippen LogP contribution in [-0.2, 0) is 17.8 Å². The van der Waals surface area contributed by atoms with Gasteiger partial charge in [0.2, 0.25) is 0 Å². The van der Waals surface area contributed by atoms with Crippen molar-refractivity contribution in [2.45, 2.75) is 59.7 Å². The fourth-order valence-corrected chi connectivity index (χ4v) is 1.89. The molecule has 0 aliphatic heterocycles. The largest absolute Gasteiger partial charge is 0.444 e. The Bertz CT molecular complexity index is 447. The maximum Gasteiger partial charge on any atom is 0.407 e.